The van der Waals surface area contributed by atoms with Gasteiger partial charge in [0.05, 0.1) is 5.56 Å². The second-order valence-corrected chi connectivity index (χ2v) is 6.20. The number of aromatic nitrogens is 1. The van der Waals surface area contributed by atoms with E-state index in [9.17, 15) is 15.2 Å². The Morgan fingerprint density at radius 3 is 2.45 bits per heavy atom. The van der Waals surface area contributed by atoms with Gasteiger partial charge in [-0.3, -0.25) is 4.79 Å². The highest BCUT2D eigenvalue weighted by molar-refractivity contribution is 8.00. The highest BCUT2D eigenvalue weighted by Crippen LogP contribution is 2.36. The van der Waals surface area contributed by atoms with Gasteiger partial charge in [-0.25, -0.2) is 4.98 Å². The van der Waals surface area contributed by atoms with Crippen molar-refractivity contribution in [2.24, 2.45) is 0 Å². The standard InChI is InChI=1S/C17H16N2O2S/c1-11(2)14-9-8-13(10-18)16(19-14)22-15(17(20)21)12-6-4-3-5-7-12/h3-9,11,15H,1-2H3,(H,20,21). The van der Waals surface area contributed by atoms with Gasteiger partial charge in [0, 0.05) is 5.69 Å². The van der Waals surface area contributed by atoms with Crippen molar-refractivity contribution in [2.45, 2.75) is 30.0 Å². The number of nitriles is 1. The summed E-state index contributed by atoms with van der Waals surface area (Å²) in [7, 11) is 0. The first kappa shape index (κ1) is 16.1. The third-order valence-electron chi connectivity index (χ3n) is 3.15. The summed E-state index contributed by atoms with van der Waals surface area (Å²) in [5.74, 6) is -0.732. The SMILES string of the molecule is CC(C)c1ccc(C#N)c(SC(C(=O)O)c2ccccc2)n1. The molecule has 0 aliphatic heterocycles. The number of carbonyl (C=O) groups is 1. The van der Waals surface area contributed by atoms with E-state index in [4.69, 9.17) is 0 Å². The van der Waals surface area contributed by atoms with Crippen molar-refractivity contribution in [3.63, 3.8) is 0 Å². The van der Waals surface area contributed by atoms with Crippen LogP contribution in [0.5, 0.6) is 0 Å². The van der Waals surface area contributed by atoms with Crippen molar-refractivity contribution in [1.29, 1.82) is 5.26 Å². The number of pyridine rings is 1. The summed E-state index contributed by atoms with van der Waals surface area (Å²) in [5.41, 5.74) is 1.93. The molecule has 2 rings (SSSR count). The maximum atomic E-state index is 11.6. The van der Waals surface area contributed by atoms with Gasteiger partial charge in [0.1, 0.15) is 16.3 Å². The van der Waals surface area contributed by atoms with Crippen molar-refractivity contribution in [3.05, 3.63) is 59.3 Å². The molecule has 0 fully saturated rings. The normalized spacial score (nSPS) is 11.9. The molecule has 0 saturated heterocycles. The van der Waals surface area contributed by atoms with Crippen molar-refractivity contribution in [2.75, 3.05) is 0 Å². The van der Waals surface area contributed by atoms with Gasteiger partial charge in [0.2, 0.25) is 0 Å². The van der Waals surface area contributed by atoms with E-state index >= 15 is 0 Å². The van der Waals surface area contributed by atoms with Gasteiger partial charge in [-0.15, -0.1) is 0 Å². The lowest BCUT2D eigenvalue weighted by molar-refractivity contribution is -0.136. The lowest BCUT2D eigenvalue weighted by Crippen LogP contribution is -2.09. The van der Waals surface area contributed by atoms with Crippen LogP contribution in [0.15, 0.2) is 47.5 Å². The fourth-order valence-corrected chi connectivity index (χ4v) is 2.97. The van der Waals surface area contributed by atoms with E-state index in [1.807, 2.05) is 26.0 Å². The Bertz CT molecular complexity index is 708. The minimum atomic E-state index is -0.947. The van der Waals surface area contributed by atoms with Gasteiger partial charge >= 0.3 is 5.97 Å². The molecular weight excluding hydrogens is 296 g/mol. The summed E-state index contributed by atoms with van der Waals surface area (Å²) in [6.45, 7) is 4.02. The minimum absolute atomic E-state index is 0.215. The number of aliphatic carboxylic acids is 1. The van der Waals surface area contributed by atoms with Gasteiger partial charge in [-0.1, -0.05) is 55.9 Å². The van der Waals surface area contributed by atoms with Crippen molar-refractivity contribution in [3.8, 4) is 6.07 Å². The van der Waals surface area contributed by atoms with Crippen LogP contribution in [0.3, 0.4) is 0 Å². The number of rotatable bonds is 5. The first-order chi connectivity index (χ1) is 10.5. The van der Waals surface area contributed by atoms with E-state index in [-0.39, 0.29) is 5.92 Å². The van der Waals surface area contributed by atoms with Crippen LogP contribution in [0.2, 0.25) is 0 Å². The number of hydrogen-bond donors (Lipinski definition) is 1. The summed E-state index contributed by atoms with van der Waals surface area (Å²) in [6, 6.07) is 14.6. The molecule has 1 atom stereocenters. The van der Waals surface area contributed by atoms with Crippen LogP contribution in [0.25, 0.3) is 0 Å². The number of hydrogen-bond acceptors (Lipinski definition) is 4. The lowest BCUT2D eigenvalue weighted by Gasteiger charge is -2.14. The van der Waals surface area contributed by atoms with E-state index in [0.29, 0.717) is 16.2 Å². The maximum Gasteiger partial charge on any atom is 0.321 e. The molecule has 0 amide bonds. The largest absolute Gasteiger partial charge is 0.480 e. The molecule has 0 saturated carbocycles. The summed E-state index contributed by atoms with van der Waals surface area (Å²) in [5, 5.41) is 18.4. The van der Waals surface area contributed by atoms with Gasteiger partial charge in [0.25, 0.3) is 0 Å². The van der Waals surface area contributed by atoms with Crippen LogP contribution < -0.4 is 0 Å². The predicted octanol–water partition coefficient (Wildman–Crippen LogP) is 3.99. The summed E-state index contributed by atoms with van der Waals surface area (Å²) < 4.78 is 0. The molecule has 1 N–H and O–H groups in total. The molecule has 1 heterocycles. The molecule has 0 bridgehead atoms. The highest BCUT2D eigenvalue weighted by Gasteiger charge is 2.23. The minimum Gasteiger partial charge on any atom is -0.480 e. The summed E-state index contributed by atoms with van der Waals surface area (Å²) in [4.78, 5) is 16.1. The van der Waals surface area contributed by atoms with Gasteiger partial charge in [-0.05, 0) is 23.6 Å². The predicted molar refractivity (Wildman–Crippen MR) is 85.7 cm³/mol. The number of nitrogens with zero attached hydrogens (tertiary/aromatic N) is 2. The molecule has 1 aromatic heterocycles. The Kier molecular flexibility index (Phi) is 5.18. The Labute approximate surface area is 133 Å². The summed E-state index contributed by atoms with van der Waals surface area (Å²) in [6.07, 6.45) is 0. The Morgan fingerprint density at radius 2 is 1.91 bits per heavy atom. The van der Waals surface area contributed by atoms with Gasteiger partial charge < -0.3 is 5.11 Å². The summed E-state index contributed by atoms with van der Waals surface area (Å²) >= 11 is 1.10. The van der Waals surface area contributed by atoms with Gasteiger partial charge in [-0.2, -0.15) is 5.26 Å². The van der Waals surface area contributed by atoms with Crippen LogP contribution in [-0.4, -0.2) is 16.1 Å². The zero-order valence-electron chi connectivity index (χ0n) is 12.4. The topological polar surface area (TPSA) is 74.0 Å². The van der Waals surface area contributed by atoms with E-state index in [1.165, 1.54) is 0 Å². The second-order valence-electron chi connectivity index (χ2n) is 5.10. The average molecular weight is 312 g/mol. The van der Waals surface area contributed by atoms with Crippen LogP contribution >= 0.6 is 11.8 Å². The van der Waals surface area contributed by atoms with Gasteiger partial charge in [0.15, 0.2) is 0 Å². The van der Waals surface area contributed by atoms with E-state index in [1.54, 1.807) is 30.3 Å². The highest BCUT2D eigenvalue weighted by atomic mass is 32.2. The van der Waals surface area contributed by atoms with Crippen LogP contribution in [0.4, 0.5) is 0 Å². The molecule has 22 heavy (non-hydrogen) atoms. The Morgan fingerprint density at radius 1 is 1.23 bits per heavy atom. The quantitative estimate of drug-likeness (QED) is 0.845. The van der Waals surface area contributed by atoms with Crippen molar-refractivity contribution >= 4 is 17.7 Å². The van der Waals surface area contributed by atoms with E-state index in [0.717, 1.165) is 17.5 Å². The molecule has 112 valence electrons. The zero-order chi connectivity index (χ0) is 16.1. The van der Waals surface area contributed by atoms with Crippen LogP contribution in [0, 0.1) is 11.3 Å². The average Bonchev–Trinajstić information content (AvgIpc) is 2.52. The first-order valence-electron chi connectivity index (χ1n) is 6.88. The fraction of sp³-hybridized carbons (Fsp3) is 0.235. The third kappa shape index (κ3) is 3.66. The fourth-order valence-electron chi connectivity index (χ4n) is 1.95. The lowest BCUT2D eigenvalue weighted by atomic mass is 10.1. The molecule has 0 radical (unpaired) electrons. The van der Waals surface area contributed by atoms with Crippen molar-refractivity contribution < 1.29 is 9.90 Å². The number of carboxylic acids is 1. The maximum absolute atomic E-state index is 11.6. The molecule has 0 aliphatic carbocycles. The van der Waals surface area contributed by atoms with Crippen LogP contribution in [-0.2, 0) is 4.79 Å². The smallest absolute Gasteiger partial charge is 0.321 e. The monoisotopic (exact) mass is 312 g/mol. The molecule has 2 aromatic rings. The second kappa shape index (κ2) is 7.10. The molecule has 5 heteroatoms. The number of carboxylic acid groups (broad SMARTS) is 1. The van der Waals surface area contributed by atoms with Crippen LogP contribution in [0.1, 0.15) is 41.8 Å². The number of thioether (sulfide) groups is 1. The van der Waals surface area contributed by atoms with Crippen molar-refractivity contribution in [1.82, 2.24) is 4.98 Å². The molecule has 0 spiro atoms. The third-order valence-corrected chi connectivity index (χ3v) is 4.39. The molecule has 1 unspecified atom stereocenters. The Hall–Kier alpha value is -2.32. The molecule has 0 aliphatic rings. The first-order valence-corrected chi connectivity index (χ1v) is 7.76. The molecular formula is C17H16N2O2S. The zero-order valence-corrected chi connectivity index (χ0v) is 13.2. The molecule has 1 aromatic carbocycles. The Balaban J connectivity index is 2.40. The van der Waals surface area contributed by atoms with E-state index in [2.05, 4.69) is 11.1 Å². The van der Waals surface area contributed by atoms with E-state index < -0.39 is 11.2 Å². The number of benzene rings is 1. The molecule has 4 nitrogen and oxygen atoms in total.